The quantitative estimate of drug-likeness (QED) is 0.871. The minimum Gasteiger partial charge on any atom is -0.445 e. The SMILES string of the molecule is NCCN1CC[C@@H](N(C(=O)OCc2ccccc2)C2CC2)C1. The topological polar surface area (TPSA) is 58.8 Å². The highest BCUT2D eigenvalue weighted by Gasteiger charge is 2.40. The van der Waals surface area contributed by atoms with Gasteiger partial charge in [0.2, 0.25) is 0 Å². The molecular formula is C17H25N3O2. The van der Waals surface area contributed by atoms with E-state index >= 15 is 0 Å². The van der Waals surface area contributed by atoms with E-state index in [2.05, 4.69) is 4.90 Å². The molecule has 0 radical (unpaired) electrons. The van der Waals surface area contributed by atoms with Crippen LogP contribution in [-0.2, 0) is 11.3 Å². The molecule has 1 saturated carbocycles. The van der Waals surface area contributed by atoms with Crippen molar-refractivity contribution >= 4 is 6.09 Å². The van der Waals surface area contributed by atoms with Crippen LogP contribution in [0.25, 0.3) is 0 Å². The van der Waals surface area contributed by atoms with Crippen molar-refractivity contribution in [3.8, 4) is 0 Å². The van der Waals surface area contributed by atoms with Crippen molar-refractivity contribution in [2.45, 2.75) is 38.0 Å². The van der Waals surface area contributed by atoms with Crippen LogP contribution in [0, 0.1) is 0 Å². The fraction of sp³-hybridized carbons (Fsp3) is 0.588. The zero-order chi connectivity index (χ0) is 15.4. The maximum absolute atomic E-state index is 12.5. The van der Waals surface area contributed by atoms with E-state index in [1.54, 1.807) is 0 Å². The highest BCUT2D eigenvalue weighted by molar-refractivity contribution is 5.69. The van der Waals surface area contributed by atoms with E-state index < -0.39 is 0 Å². The molecule has 1 aliphatic heterocycles. The Kier molecular flexibility index (Phi) is 4.95. The van der Waals surface area contributed by atoms with Gasteiger partial charge >= 0.3 is 6.09 Å². The van der Waals surface area contributed by atoms with Gasteiger partial charge in [-0.2, -0.15) is 0 Å². The Bertz CT molecular complexity index is 490. The number of nitrogens with zero attached hydrogens (tertiary/aromatic N) is 2. The van der Waals surface area contributed by atoms with Gasteiger partial charge in [-0.3, -0.25) is 4.90 Å². The maximum atomic E-state index is 12.5. The van der Waals surface area contributed by atoms with E-state index in [1.165, 1.54) is 0 Å². The Morgan fingerprint density at radius 1 is 1.23 bits per heavy atom. The Morgan fingerprint density at radius 2 is 2.00 bits per heavy atom. The molecule has 0 bridgehead atoms. The molecular weight excluding hydrogens is 278 g/mol. The molecule has 1 aromatic carbocycles. The summed E-state index contributed by atoms with van der Waals surface area (Å²) in [5.74, 6) is 0. The van der Waals surface area contributed by atoms with Crippen LogP contribution in [-0.4, -0.2) is 54.2 Å². The molecule has 120 valence electrons. The third kappa shape index (κ3) is 3.78. The number of hydrogen-bond acceptors (Lipinski definition) is 4. The lowest BCUT2D eigenvalue weighted by Gasteiger charge is -2.28. The summed E-state index contributed by atoms with van der Waals surface area (Å²) in [5, 5.41) is 0. The third-order valence-corrected chi connectivity index (χ3v) is 4.44. The summed E-state index contributed by atoms with van der Waals surface area (Å²) in [6.07, 6.45) is 3.07. The van der Waals surface area contributed by atoms with Gasteiger partial charge in [0, 0.05) is 38.3 Å². The summed E-state index contributed by atoms with van der Waals surface area (Å²) in [7, 11) is 0. The number of amides is 1. The predicted octanol–water partition coefficient (Wildman–Crippen LogP) is 1.82. The van der Waals surface area contributed by atoms with Crippen LogP contribution >= 0.6 is 0 Å². The number of rotatable bonds is 6. The first-order valence-corrected chi connectivity index (χ1v) is 8.19. The second kappa shape index (κ2) is 7.11. The zero-order valence-electron chi connectivity index (χ0n) is 13.0. The highest BCUT2D eigenvalue weighted by Crippen LogP contribution is 2.32. The molecule has 2 aliphatic rings. The lowest BCUT2D eigenvalue weighted by Crippen LogP contribution is -2.44. The van der Waals surface area contributed by atoms with Crippen molar-refractivity contribution in [1.82, 2.24) is 9.80 Å². The Labute approximate surface area is 132 Å². The summed E-state index contributed by atoms with van der Waals surface area (Å²) in [6.45, 7) is 3.88. The molecule has 1 aliphatic carbocycles. The molecule has 0 unspecified atom stereocenters. The van der Waals surface area contributed by atoms with Gasteiger partial charge < -0.3 is 15.4 Å². The summed E-state index contributed by atoms with van der Waals surface area (Å²) in [4.78, 5) is 16.8. The standard InChI is InChI=1S/C17H25N3O2/c18-9-11-19-10-8-16(12-19)20(15-6-7-15)17(21)22-13-14-4-2-1-3-5-14/h1-5,15-16H,6-13,18H2/t16-/m1/s1. The maximum Gasteiger partial charge on any atom is 0.410 e. The van der Waals surface area contributed by atoms with Crippen LogP contribution in [0.1, 0.15) is 24.8 Å². The van der Waals surface area contributed by atoms with Gasteiger partial charge in [0.1, 0.15) is 6.61 Å². The van der Waals surface area contributed by atoms with Crippen LogP contribution in [0.5, 0.6) is 0 Å². The molecule has 2 fully saturated rings. The molecule has 0 spiro atoms. The van der Waals surface area contributed by atoms with Crippen LogP contribution in [0.3, 0.4) is 0 Å². The lowest BCUT2D eigenvalue weighted by atomic mass is 10.2. The molecule has 3 rings (SSSR count). The van der Waals surface area contributed by atoms with Crippen LogP contribution in [0.2, 0.25) is 0 Å². The molecule has 1 amide bonds. The normalized spacial score (nSPS) is 21.8. The Hall–Kier alpha value is -1.59. The van der Waals surface area contributed by atoms with Gasteiger partial charge in [0.05, 0.1) is 0 Å². The van der Waals surface area contributed by atoms with Crippen molar-refractivity contribution in [1.29, 1.82) is 0 Å². The number of likely N-dealkylation sites (tertiary alicyclic amines) is 1. The number of carbonyl (C=O) groups excluding carboxylic acids is 1. The van der Waals surface area contributed by atoms with Crippen molar-refractivity contribution in [2.75, 3.05) is 26.2 Å². The monoisotopic (exact) mass is 303 g/mol. The summed E-state index contributed by atoms with van der Waals surface area (Å²) < 4.78 is 5.54. The highest BCUT2D eigenvalue weighted by atomic mass is 16.6. The van der Waals surface area contributed by atoms with E-state index in [1.807, 2.05) is 35.2 Å². The largest absolute Gasteiger partial charge is 0.445 e. The number of nitrogens with two attached hydrogens (primary N) is 1. The summed E-state index contributed by atoms with van der Waals surface area (Å²) in [6, 6.07) is 10.5. The Balaban J connectivity index is 1.56. The number of benzene rings is 1. The average molecular weight is 303 g/mol. The predicted molar refractivity (Wildman–Crippen MR) is 85.4 cm³/mol. The second-order valence-corrected chi connectivity index (χ2v) is 6.21. The smallest absolute Gasteiger partial charge is 0.410 e. The van der Waals surface area contributed by atoms with Crippen molar-refractivity contribution in [3.05, 3.63) is 35.9 Å². The van der Waals surface area contributed by atoms with Crippen LogP contribution in [0.4, 0.5) is 4.79 Å². The van der Waals surface area contributed by atoms with Gasteiger partial charge in [-0.05, 0) is 24.8 Å². The fourth-order valence-electron chi connectivity index (χ4n) is 3.17. The van der Waals surface area contributed by atoms with Gasteiger partial charge in [-0.1, -0.05) is 30.3 Å². The van der Waals surface area contributed by atoms with E-state index in [0.29, 0.717) is 19.2 Å². The van der Waals surface area contributed by atoms with Crippen LogP contribution in [0.15, 0.2) is 30.3 Å². The van der Waals surface area contributed by atoms with Gasteiger partial charge in [-0.25, -0.2) is 4.79 Å². The van der Waals surface area contributed by atoms with Crippen LogP contribution < -0.4 is 5.73 Å². The van der Waals surface area contributed by atoms with E-state index in [-0.39, 0.29) is 12.1 Å². The molecule has 0 aromatic heterocycles. The lowest BCUT2D eigenvalue weighted by molar-refractivity contribution is 0.0779. The van der Waals surface area contributed by atoms with E-state index in [0.717, 1.165) is 44.5 Å². The third-order valence-electron chi connectivity index (χ3n) is 4.44. The molecule has 1 aromatic rings. The van der Waals surface area contributed by atoms with Gasteiger partial charge in [0.15, 0.2) is 0 Å². The van der Waals surface area contributed by atoms with Crippen molar-refractivity contribution < 1.29 is 9.53 Å². The van der Waals surface area contributed by atoms with E-state index in [9.17, 15) is 4.79 Å². The van der Waals surface area contributed by atoms with E-state index in [4.69, 9.17) is 10.5 Å². The van der Waals surface area contributed by atoms with Crippen molar-refractivity contribution in [2.24, 2.45) is 5.73 Å². The molecule has 1 heterocycles. The molecule has 22 heavy (non-hydrogen) atoms. The zero-order valence-corrected chi connectivity index (χ0v) is 13.0. The van der Waals surface area contributed by atoms with Gasteiger partial charge in [-0.15, -0.1) is 0 Å². The van der Waals surface area contributed by atoms with Crippen molar-refractivity contribution in [3.63, 3.8) is 0 Å². The second-order valence-electron chi connectivity index (χ2n) is 6.21. The van der Waals surface area contributed by atoms with Gasteiger partial charge in [0.25, 0.3) is 0 Å². The minimum atomic E-state index is -0.161. The fourth-order valence-corrected chi connectivity index (χ4v) is 3.17. The molecule has 5 heteroatoms. The summed E-state index contributed by atoms with van der Waals surface area (Å²) >= 11 is 0. The molecule has 5 nitrogen and oxygen atoms in total. The Morgan fingerprint density at radius 3 is 2.68 bits per heavy atom. The summed E-state index contributed by atoms with van der Waals surface area (Å²) in [5.41, 5.74) is 6.66. The number of hydrogen-bond donors (Lipinski definition) is 1. The number of carbonyl (C=O) groups is 1. The first-order valence-electron chi connectivity index (χ1n) is 8.19. The average Bonchev–Trinajstić information content (AvgIpc) is 3.26. The molecule has 1 saturated heterocycles. The molecule has 1 atom stereocenters. The molecule has 2 N–H and O–H groups in total. The first-order chi connectivity index (χ1) is 10.8. The number of ether oxygens (including phenoxy) is 1. The first kappa shape index (κ1) is 15.3. The minimum absolute atomic E-state index is 0.161.